The van der Waals surface area contributed by atoms with E-state index in [0.717, 1.165) is 5.69 Å². The fraction of sp³-hybridized carbons (Fsp3) is 0.526. The summed E-state index contributed by atoms with van der Waals surface area (Å²) >= 11 is 0. The lowest BCUT2D eigenvalue weighted by Crippen LogP contribution is -2.45. The average molecular weight is 382 g/mol. The van der Waals surface area contributed by atoms with Crippen LogP contribution < -0.4 is 10.6 Å². The Balaban J connectivity index is 2.88. The summed E-state index contributed by atoms with van der Waals surface area (Å²) in [6.07, 6.45) is -3.58. The molecule has 1 rings (SSSR count). The van der Waals surface area contributed by atoms with Crippen LogP contribution in [-0.4, -0.2) is 49.3 Å². The Kier molecular flexibility index (Phi) is 8.71. The highest BCUT2D eigenvalue weighted by Gasteiger charge is 2.31. The molecule has 0 spiro atoms. The number of halogens is 1. The number of alkyl halides is 1. The molecule has 0 aliphatic rings. The Morgan fingerprint density at radius 3 is 1.96 bits per heavy atom. The molecule has 1 unspecified atom stereocenters. The van der Waals surface area contributed by atoms with Crippen LogP contribution in [0.4, 0.5) is 10.1 Å². The van der Waals surface area contributed by atoms with E-state index in [1.165, 1.54) is 0 Å². The standard InChI is InChI=1S/C19H27FN2O5/c1-11(2)26-18(24)15(20)10-16(19(25)27-12(3)4)22-17(23)13-6-8-14(21-5)9-7-13/h6-9,11-12,15-16,21H,10H2,1-5H3,(H,22,23)/t15?,16-/m0/s1. The molecule has 0 bridgehead atoms. The number of benzene rings is 1. The molecule has 8 heteroatoms. The highest BCUT2D eigenvalue weighted by Crippen LogP contribution is 2.12. The Labute approximate surface area is 158 Å². The van der Waals surface area contributed by atoms with Crippen molar-refractivity contribution < 1.29 is 28.2 Å². The minimum absolute atomic E-state index is 0.288. The first-order valence-electron chi connectivity index (χ1n) is 8.77. The van der Waals surface area contributed by atoms with Crippen molar-refractivity contribution in [3.05, 3.63) is 29.8 Å². The first-order chi connectivity index (χ1) is 12.6. The van der Waals surface area contributed by atoms with Crippen LogP contribution in [0.15, 0.2) is 24.3 Å². The number of hydrogen-bond acceptors (Lipinski definition) is 6. The monoisotopic (exact) mass is 382 g/mol. The number of anilines is 1. The van der Waals surface area contributed by atoms with Gasteiger partial charge in [0.05, 0.1) is 12.2 Å². The van der Waals surface area contributed by atoms with Gasteiger partial charge < -0.3 is 20.1 Å². The van der Waals surface area contributed by atoms with Gasteiger partial charge in [0.2, 0.25) is 0 Å². The second-order valence-electron chi connectivity index (χ2n) is 6.53. The summed E-state index contributed by atoms with van der Waals surface area (Å²) in [6, 6.07) is 5.18. The maximum absolute atomic E-state index is 14.2. The van der Waals surface area contributed by atoms with Crippen LogP contribution >= 0.6 is 0 Å². The van der Waals surface area contributed by atoms with Crippen molar-refractivity contribution in [3.8, 4) is 0 Å². The number of amides is 1. The molecule has 0 radical (unpaired) electrons. The molecule has 1 aromatic carbocycles. The molecule has 0 aliphatic carbocycles. The molecule has 150 valence electrons. The second kappa shape index (κ2) is 10.5. The minimum atomic E-state index is -2.07. The molecule has 1 aromatic rings. The molecule has 27 heavy (non-hydrogen) atoms. The third kappa shape index (κ3) is 7.64. The van der Waals surface area contributed by atoms with Crippen molar-refractivity contribution in [2.45, 2.75) is 58.5 Å². The number of carbonyl (C=O) groups is 3. The summed E-state index contributed by atoms with van der Waals surface area (Å²) in [6.45, 7) is 6.44. The predicted molar refractivity (Wildman–Crippen MR) is 99.2 cm³/mol. The fourth-order valence-corrected chi connectivity index (χ4v) is 2.17. The number of rotatable bonds is 9. The van der Waals surface area contributed by atoms with Crippen LogP contribution in [0.25, 0.3) is 0 Å². The van der Waals surface area contributed by atoms with Gasteiger partial charge in [0, 0.05) is 24.7 Å². The molecule has 0 aromatic heterocycles. The topological polar surface area (TPSA) is 93.7 Å². The van der Waals surface area contributed by atoms with E-state index in [2.05, 4.69) is 10.6 Å². The lowest BCUT2D eigenvalue weighted by atomic mass is 10.1. The summed E-state index contributed by atoms with van der Waals surface area (Å²) in [7, 11) is 1.74. The third-order valence-electron chi connectivity index (χ3n) is 3.43. The molecular weight excluding hydrogens is 355 g/mol. The van der Waals surface area contributed by atoms with Crippen LogP contribution in [0.3, 0.4) is 0 Å². The van der Waals surface area contributed by atoms with Crippen LogP contribution in [-0.2, 0) is 19.1 Å². The van der Waals surface area contributed by atoms with E-state index in [0.29, 0.717) is 0 Å². The summed E-state index contributed by atoms with van der Waals surface area (Å²) in [5.41, 5.74) is 1.10. The van der Waals surface area contributed by atoms with Crippen LogP contribution in [0.2, 0.25) is 0 Å². The zero-order valence-electron chi connectivity index (χ0n) is 16.2. The number of esters is 2. The Morgan fingerprint density at radius 2 is 1.48 bits per heavy atom. The lowest BCUT2D eigenvalue weighted by Gasteiger charge is -2.21. The molecule has 0 fully saturated rings. The van der Waals surface area contributed by atoms with Gasteiger partial charge in [-0.15, -0.1) is 0 Å². The zero-order valence-corrected chi connectivity index (χ0v) is 16.2. The van der Waals surface area contributed by atoms with E-state index < -0.39 is 48.7 Å². The second-order valence-corrected chi connectivity index (χ2v) is 6.53. The summed E-state index contributed by atoms with van der Waals surface area (Å²) in [4.78, 5) is 36.3. The highest BCUT2D eigenvalue weighted by molar-refractivity contribution is 5.97. The molecule has 1 amide bonds. The number of carbonyl (C=O) groups excluding carboxylic acids is 3. The summed E-state index contributed by atoms with van der Waals surface area (Å²) < 4.78 is 24.1. The fourth-order valence-electron chi connectivity index (χ4n) is 2.17. The van der Waals surface area contributed by atoms with Crippen molar-refractivity contribution in [1.82, 2.24) is 5.32 Å². The van der Waals surface area contributed by atoms with E-state index in [-0.39, 0.29) is 5.56 Å². The summed E-state index contributed by atoms with van der Waals surface area (Å²) in [5.74, 6) is -2.47. The molecule has 2 atom stereocenters. The van der Waals surface area contributed by atoms with E-state index >= 15 is 0 Å². The van der Waals surface area contributed by atoms with Gasteiger partial charge in [-0.25, -0.2) is 14.0 Å². The van der Waals surface area contributed by atoms with Gasteiger partial charge in [-0.3, -0.25) is 4.79 Å². The van der Waals surface area contributed by atoms with Gasteiger partial charge in [0.15, 0.2) is 6.17 Å². The van der Waals surface area contributed by atoms with E-state index in [4.69, 9.17) is 9.47 Å². The molecule has 0 saturated carbocycles. The van der Waals surface area contributed by atoms with Crippen molar-refractivity contribution in [1.29, 1.82) is 0 Å². The van der Waals surface area contributed by atoms with Crippen molar-refractivity contribution in [3.63, 3.8) is 0 Å². The Bertz CT molecular complexity index is 646. The quantitative estimate of drug-likeness (QED) is 0.637. The molecule has 0 aliphatic heterocycles. The van der Waals surface area contributed by atoms with Gasteiger partial charge in [-0.05, 0) is 52.0 Å². The highest BCUT2D eigenvalue weighted by atomic mass is 19.1. The number of hydrogen-bond donors (Lipinski definition) is 2. The van der Waals surface area contributed by atoms with Crippen molar-refractivity contribution in [2.75, 3.05) is 12.4 Å². The van der Waals surface area contributed by atoms with Crippen LogP contribution in [0.5, 0.6) is 0 Å². The van der Waals surface area contributed by atoms with E-state index in [1.807, 2.05) is 0 Å². The van der Waals surface area contributed by atoms with Crippen LogP contribution in [0.1, 0.15) is 44.5 Å². The van der Waals surface area contributed by atoms with Gasteiger partial charge in [-0.1, -0.05) is 0 Å². The SMILES string of the molecule is CNc1ccc(C(=O)N[C@@H](CC(F)C(=O)OC(C)C)C(=O)OC(C)C)cc1. The summed E-state index contributed by atoms with van der Waals surface area (Å²) in [5, 5.41) is 5.35. The zero-order chi connectivity index (χ0) is 20.6. The lowest BCUT2D eigenvalue weighted by molar-refractivity contribution is -0.155. The maximum atomic E-state index is 14.2. The number of ether oxygens (including phenoxy) is 2. The third-order valence-corrected chi connectivity index (χ3v) is 3.43. The maximum Gasteiger partial charge on any atom is 0.341 e. The van der Waals surface area contributed by atoms with Crippen LogP contribution in [0, 0.1) is 0 Å². The van der Waals surface area contributed by atoms with Gasteiger partial charge in [0.25, 0.3) is 5.91 Å². The van der Waals surface area contributed by atoms with Gasteiger partial charge >= 0.3 is 11.9 Å². The molecule has 0 saturated heterocycles. The van der Waals surface area contributed by atoms with Gasteiger partial charge in [-0.2, -0.15) is 0 Å². The van der Waals surface area contributed by atoms with Gasteiger partial charge in [0.1, 0.15) is 6.04 Å². The van der Waals surface area contributed by atoms with E-state index in [1.54, 1.807) is 59.0 Å². The molecule has 0 heterocycles. The van der Waals surface area contributed by atoms with Crippen molar-refractivity contribution >= 4 is 23.5 Å². The predicted octanol–water partition coefficient (Wildman–Crippen LogP) is 2.46. The molecule has 2 N–H and O–H groups in total. The first-order valence-corrected chi connectivity index (χ1v) is 8.77. The number of nitrogens with one attached hydrogen (secondary N) is 2. The average Bonchev–Trinajstić information content (AvgIpc) is 2.59. The minimum Gasteiger partial charge on any atom is -0.461 e. The smallest absolute Gasteiger partial charge is 0.341 e. The Morgan fingerprint density at radius 1 is 0.963 bits per heavy atom. The molecule has 7 nitrogen and oxygen atoms in total. The van der Waals surface area contributed by atoms with E-state index in [9.17, 15) is 18.8 Å². The molecular formula is C19H27FN2O5. The first kappa shape index (κ1) is 22.4. The largest absolute Gasteiger partial charge is 0.461 e. The normalized spacial score (nSPS) is 13.0. The van der Waals surface area contributed by atoms with Crippen molar-refractivity contribution in [2.24, 2.45) is 0 Å². The Hall–Kier alpha value is -2.64.